The van der Waals surface area contributed by atoms with E-state index in [1.165, 1.54) is 5.56 Å². The van der Waals surface area contributed by atoms with E-state index in [2.05, 4.69) is 34.2 Å². The van der Waals surface area contributed by atoms with Gasteiger partial charge in [0.2, 0.25) is 0 Å². The van der Waals surface area contributed by atoms with Gasteiger partial charge in [-0.2, -0.15) is 0 Å². The van der Waals surface area contributed by atoms with Crippen molar-refractivity contribution in [2.45, 2.75) is 19.5 Å². The van der Waals surface area contributed by atoms with Crippen LogP contribution >= 0.6 is 39.1 Å². The molecule has 2 aromatic carbocycles. The molecule has 0 aromatic heterocycles. The molecule has 4 heteroatoms. The first kappa shape index (κ1) is 14.9. The van der Waals surface area contributed by atoms with Crippen LogP contribution in [-0.2, 0) is 6.54 Å². The fourth-order valence-electron chi connectivity index (χ4n) is 1.79. The van der Waals surface area contributed by atoms with E-state index >= 15 is 0 Å². The minimum Gasteiger partial charge on any atom is -0.306 e. The van der Waals surface area contributed by atoms with E-state index in [1.807, 2.05) is 36.4 Å². The van der Waals surface area contributed by atoms with E-state index in [9.17, 15) is 0 Å². The predicted octanol–water partition coefficient (Wildman–Crippen LogP) is 5.61. The number of nitrogens with one attached hydrogen (secondary N) is 1. The van der Waals surface area contributed by atoms with Crippen molar-refractivity contribution in [3.05, 3.63) is 68.1 Å². The normalized spacial score (nSPS) is 12.4. The Morgan fingerprint density at radius 3 is 2.42 bits per heavy atom. The molecule has 1 atom stereocenters. The van der Waals surface area contributed by atoms with Gasteiger partial charge in [0.25, 0.3) is 0 Å². The highest BCUT2D eigenvalue weighted by atomic mass is 79.9. The highest BCUT2D eigenvalue weighted by molar-refractivity contribution is 9.10. The lowest BCUT2D eigenvalue weighted by Gasteiger charge is -2.14. The zero-order valence-electron chi connectivity index (χ0n) is 10.5. The first-order valence-electron chi connectivity index (χ1n) is 5.99. The van der Waals surface area contributed by atoms with Gasteiger partial charge in [-0.15, -0.1) is 0 Å². The summed E-state index contributed by atoms with van der Waals surface area (Å²) >= 11 is 15.3. The lowest BCUT2D eigenvalue weighted by molar-refractivity contribution is 0.575. The van der Waals surface area contributed by atoms with Crippen molar-refractivity contribution in [3.63, 3.8) is 0 Å². The van der Waals surface area contributed by atoms with Crippen LogP contribution in [0.2, 0.25) is 10.0 Å². The third kappa shape index (κ3) is 4.22. The summed E-state index contributed by atoms with van der Waals surface area (Å²) in [6, 6.07) is 14.1. The van der Waals surface area contributed by atoms with Gasteiger partial charge in [-0.05, 0) is 58.2 Å². The van der Waals surface area contributed by atoms with E-state index in [0.29, 0.717) is 0 Å². The Morgan fingerprint density at radius 1 is 1.11 bits per heavy atom. The number of hydrogen-bond donors (Lipinski definition) is 1. The molecule has 1 N–H and O–H groups in total. The number of benzene rings is 2. The maximum absolute atomic E-state index is 6.07. The van der Waals surface area contributed by atoms with Gasteiger partial charge in [-0.1, -0.05) is 41.4 Å². The maximum atomic E-state index is 6.07. The second kappa shape index (κ2) is 6.76. The smallest absolute Gasteiger partial charge is 0.0551 e. The maximum Gasteiger partial charge on any atom is 0.0551 e. The highest BCUT2D eigenvalue weighted by Crippen LogP contribution is 2.23. The summed E-state index contributed by atoms with van der Waals surface area (Å²) in [5, 5.41) is 4.96. The zero-order chi connectivity index (χ0) is 13.8. The van der Waals surface area contributed by atoms with Crippen molar-refractivity contribution in [2.24, 2.45) is 0 Å². The number of rotatable bonds is 4. The molecule has 0 aliphatic carbocycles. The first-order valence-corrected chi connectivity index (χ1v) is 7.54. The molecule has 0 aliphatic heterocycles. The van der Waals surface area contributed by atoms with Gasteiger partial charge in [0, 0.05) is 22.1 Å². The average molecular weight is 359 g/mol. The van der Waals surface area contributed by atoms with Crippen LogP contribution in [0.15, 0.2) is 46.9 Å². The quantitative estimate of drug-likeness (QED) is 0.749. The minimum absolute atomic E-state index is 0.264. The molecule has 0 fully saturated rings. The topological polar surface area (TPSA) is 12.0 Å². The molecule has 0 saturated carbocycles. The van der Waals surface area contributed by atoms with Gasteiger partial charge in [0.1, 0.15) is 0 Å². The van der Waals surface area contributed by atoms with Crippen molar-refractivity contribution < 1.29 is 0 Å². The summed E-state index contributed by atoms with van der Waals surface area (Å²) in [6.45, 7) is 2.90. The summed E-state index contributed by atoms with van der Waals surface area (Å²) in [5.74, 6) is 0. The molecule has 2 rings (SSSR count). The van der Waals surface area contributed by atoms with Crippen molar-refractivity contribution >= 4 is 39.1 Å². The summed E-state index contributed by atoms with van der Waals surface area (Å²) in [7, 11) is 0. The largest absolute Gasteiger partial charge is 0.306 e. The Morgan fingerprint density at radius 2 is 1.79 bits per heavy atom. The van der Waals surface area contributed by atoms with Crippen molar-refractivity contribution in [1.29, 1.82) is 0 Å². The minimum atomic E-state index is 0.264. The van der Waals surface area contributed by atoms with Gasteiger partial charge in [0.05, 0.1) is 5.02 Å². The molecule has 0 radical (unpaired) electrons. The third-order valence-electron chi connectivity index (χ3n) is 2.97. The van der Waals surface area contributed by atoms with Gasteiger partial charge in [-0.25, -0.2) is 0 Å². The van der Waals surface area contributed by atoms with Crippen LogP contribution in [-0.4, -0.2) is 0 Å². The molecule has 1 nitrogen and oxygen atoms in total. The molecule has 0 saturated heterocycles. The van der Waals surface area contributed by atoms with Gasteiger partial charge in [0.15, 0.2) is 0 Å². The number of hydrogen-bond acceptors (Lipinski definition) is 1. The van der Waals surface area contributed by atoms with Crippen LogP contribution in [0.1, 0.15) is 24.1 Å². The zero-order valence-corrected chi connectivity index (χ0v) is 13.6. The van der Waals surface area contributed by atoms with Crippen LogP contribution < -0.4 is 5.32 Å². The molecule has 0 heterocycles. The lowest BCUT2D eigenvalue weighted by atomic mass is 10.1. The molecule has 0 aliphatic rings. The Balaban J connectivity index is 1.98. The van der Waals surface area contributed by atoms with Gasteiger partial charge >= 0.3 is 0 Å². The Kier molecular flexibility index (Phi) is 5.28. The predicted molar refractivity (Wildman–Crippen MR) is 85.9 cm³/mol. The second-order valence-electron chi connectivity index (χ2n) is 4.40. The summed E-state index contributed by atoms with van der Waals surface area (Å²) in [6.07, 6.45) is 0. The standard InChI is InChI=1S/C15H14BrCl2N/c1-10(12-3-5-13(17)6-4-12)19-9-11-2-7-14(16)15(18)8-11/h2-8,10,19H,9H2,1H3/t10-/m0/s1. The summed E-state index contributed by atoms with van der Waals surface area (Å²) < 4.78 is 0.920. The fraction of sp³-hybridized carbons (Fsp3) is 0.200. The highest BCUT2D eigenvalue weighted by Gasteiger charge is 2.05. The molecule has 0 unspecified atom stereocenters. The molecule has 0 bridgehead atoms. The van der Waals surface area contributed by atoms with E-state index in [4.69, 9.17) is 23.2 Å². The SMILES string of the molecule is C[C@H](NCc1ccc(Br)c(Cl)c1)c1ccc(Cl)cc1. The Bertz CT molecular complexity index is 555. The van der Waals surface area contributed by atoms with Gasteiger partial charge < -0.3 is 5.32 Å². The Labute approximate surface area is 132 Å². The average Bonchev–Trinajstić information content (AvgIpc) is 2.40. The van der Waals surface area contributed by atoms with Crippen LogP contribution in [0.3, 0.4) is 0 Å². The molecular weight excluding hydrogens is 345 g/mol. The third-order valence-corrected chi connectivity index (χ3v) is 4.45. The summed E-state index contributed by atoms with van der Waals surface area (Å²) in [5.41, 5.74) is 2.38. The van der Waals surface area contributed by atoms with Crippen molar-refractivity contribution in [1.82, 2.24) is 5.32 Å². The first-order chi connectivity index (χ1) is 9.06. The van der Waals surface area contributed by atoms with Crippen molar-refractivity contribution in [3.8, 4) is 0 Å². The molecular formula is C15H14BrCl2N. The summed E-state index contributed by atoms with van der Waals surface area (Å²) in [4.78, 5) is 0. The monoisotopic (exact) mass is 357 g/mol. The van der Waals surface area contributed by atoms with Crippen LogP contribution in [0.4, 0.5) is 0 Å². The van der Waals surface area contributed by atoms with Crippen LogP contribution in [0.5, 0.6) is 0 Å². The molecule has 0 spiro atoms. The molecule has 2 aromatic rings. The Hall–Kier alpha value is -0.540. The number of halogens is 3. The van der Waals surface area contributed by atoms with E-state index in [1.54, 1.807) is 0 Å². The van der Waals surface area contributed by atoms with E-state index in [-0.39, 0.29) is 6.04 Å². The fourth-order valence-corrected chi connectivity index (χ4v) is 2.37. The van der Waals surface area contributed by atoms with Gasteiger partial charge in [-0.3, -0.25) is 0 Å². The van der Waals surface area contributed by atoms with Crippen molar-refractivity contribution in [2.75, 3.05) is 0 Å². The molecule has 19 heavy (non-hydrogen) atoms. The molecule has 0 amide bonds. The lowest BCUT2D eigenvalue weighted by Crippen LogP contribution is -2.17. The van der Waals surface area contributed by atoms with E-state index in [0.717, 1.165) is 26.6 Å². The molecule has 100 valence electrons. The van der Waals surface area contributed by atoms with E-state index < -0.39 is 0 Å². The second-order valence-corrected chi connectivity index (χ2v) is 6.10. The van der Waals surface area contributed by atoms with Crippen LogP contribution in [0.25, 0.3) is 0 Å². The van der Waals surface area contributed by atoms with Crippen LogP contribution in [0, 0.1) is 0 Å².